The van der Waals surface area contributed by atoms with Gasteiger partial charge in [0, 0.05) is 12.2 Å². The predicted octanol–water partition coefficient (Wildman–Crippen LogP) is 3.72. The van der Waals surface area contributed by atoms with E-state index in [2.05, 4.69) is 42.3 Å². The lowest BCUT2D eigenvalue weighted by atomic mass is 9.95. The molecule has 0 saturated carbocycles. The van der Waals surface area contributed by atoms with E-state index in [1.165, 1.54) is 11.3 Å². The molecule has 2 aromatic rings. The Morgan fingerprint density at radius 2 is 1.89 bits per heavy atom. The van der Waals surface area contributed by atoms with Crippen molar-refractivity contribution in [2.45, 2.75) is 32.7 Å². The van der Waals surface area contributed by atoms with Crippen LogP contribution in [0.25, 0.3) is 0 Å². The Bertz CT molecular complexity index is 849. The van der Waals surface area contributed by atoms with Crippen LogP contribution in [-0.4, -0.2) is 32.2 Å². The van der Waals surface area contributed by atoms with E-state index in [0.29, 0.717) is 19.8 Å². The minimum absolute atomic E-state index is 0.0466. The molecule has 4 rings (SSSR count). The maximum Gasteiger partial charge on any atom is 0.240 e. The Kier molecular flexibility index (Phi) is 5.42. The standard InChI is InChI=1S/C23H28N2O3/c1-16(2)23(18-9-10-20-21(14-18)28-13-12-27-20)24-22(26)15-25-11-5-7-17-6-3-4-8-19(17)25/h3-4,6,8-10,14,16,23H,5,7,11-13,15H2,1-2H3,(H,24,26). The number of nitrogens with zero attached hydrogens (tertiary/aromatic N) is 1. The number of hydrogen-bond donors (Lipinski definition) is 1. The van der Waals surface area contributed by atoms with Crippen LogP contribution in [0.15, 0.2) is 42.5 Å². The minimum atomic E-state index is -0.0663. The Labute approximate surface area is 166 Å². The number of nitrogens with one attached hydrogen (secondary N) is 1. The van der Waals surface area contributed by atoms with Crippen molar-refractivity contribution in [3.8, 4) is 11.5 Å². The number of ether oxygens (including phenoxy) is 2. The van der Waals surface area contributed by atoms with Crippen LogP contribution in [0.5, 0.6) is 11.5 Å². The van der Waals surface area contributed by atoms with Gasteiger partial charge in [0.1, 0.15) is 13.2 Å². The smallest absolute Gasteiger partial charge is 0.240 e. The molecular weight excluding hydrogens is 352 g/mol. The van der Waals surface area contributed by atoms with Crippen molar-refractivity contribution in [1.82, 2.24) is 5.32 Å². The molecule has 148 valence electrons. The Hall–Kier alpha value is -2.69. The fraction of sp³-hybridized carbons (Fsp3) is 0.435. The molecule has 2 heterocycles. The fourth-order valence-electron chi connectivity index (χ4n) is 4.06. The second kappa shape index (κ2) is 8.13. The second-order valence-electron chi connectivity index (χ2n) is 7.85. The number of rotatable bonds is 5. The van der Waals surface area contributed by atoms with Crippen molar-refractivity contribution in [3.63, 3.8) is 0 Å². The second-order valence-corrected chi connectivity index (χ2v) is 7.85. The number of carbonyl (C=O) groups excluding carboxylic acids is 1. The molecule has 0 fully saturated rings. The first-order valence-corrected chi connectivity index (χ1v) is 10.1. The SMILES string of the molecule is CC(C)C(NC(=O)CN1CCCc2ccccc21)c1ccc2c(c1)OCCO2. The lowest BCUT2D eigenvalue weighted by Gasteiger charge is -2.32. The highest BCUT2D eigenvalue weighted by Crippen LogP contribution is 2.34. The normalized spacial score (nSPS) is 16.5. The third-order valence-electron chi connectivity index (χ3n) is 5.45. The molecule has 2 aliphatic heterocycles. The van der Waals surface area contributed by atoms with E-state index in [4.69, 9.17) is 9.47 Å². The van der Waals surface area contributed by atoms with E-state index in [1.54, 1.807) is 0 Å². The fourth-order valence-corrected chi connectivity index (χ4v) is 4.06. The molecule has 1 atom stereocenters. The Morgan fingerprint density at radius 3 is 2.71 bits per heavy atom. The number of aryl methyl sites for hydroxylation is 1. The summed E-state index contributed by atoms with van der Waals surface area (Å²) in [5.41, 5.74) is 3.56. The summed E-state index contributed by atoms with van der Waals surface area (Å²) in [4.78, 5) is 15.1. The monoisotopic (exact) mass is 380 g/mol. The highest BCUT2D eigenvalue weighted by Gasteiger charge is 2.24. The van der Waals surface area contributed by atoms with Crippen LogP contribution >= 0.6 is 0 Å². The molecule has 28 heavy (non-hydrogen) atoms. The highest BCUT2D eigenvalue weighted by molar-refractivity contribution is 5.82. The van der Waals surface area contributed by atoms with Gasteiger partial charge in [0.2, 0.25) is 5.91 Å². The van der Waals surface area contributed by atoms with Gasteiger partial charge in [-0.15, -0.1) is 0 Å². The van der Waals surface area contributed by atoms with Gasteiger partial charge in [0.25, 0.3) is 0 Å². The maximum atomic E-state index is 12.9. The van der Waals surface area contributed by atoms with Gasteiger partial charge in [-0.2, -0.15) is 0 Å². The summed E-state index contributed by atoms with van der Waals surface area (Å²) >= 11 is 0. The summed E-state index contributed by atoms with van der Waals surface area (Å²) in [7, 11) is 0. The van der Waals surface area contributed by atoms with Crippen LogP contribution in [0.3, 0.4) is 0 Å². The summed E-state index contributed by atoms with van der Waals surface area (Å²) in [6, 6.07) is 14.3. The molecule has 0 aliphatic carbocycles. The topological polar surface area (TPSA) is 50.8 Å². The molecule has 1 amide bonds. The molecule has 0 bridgehead atoms. The Morgan fingerprint density at radius 1 is 1.11 bits per heavy atom. The number of para-hydroxylation sites is 1. The number of fused-ring (bicyclic) bond motifs is 2. The Balaban J connectivity index is 1.48. The largest absolute Gasteiger partial charge is 0.486 e. The van der Waals surface area contributed by atoms with Gasteiger partial charge in [-0.05, 0) is 48.1 Å². The zero-order chi connectivity index (χ0) is 19.5. The van der Waals surface area contributed by atoms with E-state index in [9.17, 15) is 4.79 Å². The van der Waals surface area contributed by atoms with Crippen molar-refractivity contribution in [2.24, 2.45) is 5.92 Å². The van der Waals surface area contributed by atoms with Crippen LogP contribution in [-0.2, 0) is 11.2 Å². The number of amides is 1. The van der Waals surface area contributed by atoms with Gasteiger partial charge >= 0.3 is 0 Å². The van der Waals surface area contributed by atoms with Gasteiger partial charge < -0.3 is 19.7 Å². The molecule has 0 radical (unpaired) electrons. The first-order valence-electron chi connectivity index (χ1n) is 10.1. The van der Waals surface area contributed by atoms with Crippen LogP contribution in [0.2, 0.25) is 0 Å². The molecule has 0 spiro atoms. The maximum absolute atomic E-state index is 12.9. The third-order valence-corrected chi connectivity index (χ3v) is 5.45. The molecule has 2 aliphatic rings. The molecule has 1 N–H and O–H groups in total. The zero-order valence-corrected chi connectivity index (χ0v) is 16.6. The summed E-state index contributed by atoms with van der Waals surface area (Å²) in [5.74, 6) is 1.84. The van der Waals surface area contributed by atoms with E-state index >= 15 is 0 Å². The van der Waals surface area contributed by atoms with Crippen LogP contribution in [0.4, 0.5) is 5.69 Å². The number of hydrogen-bond acceptors (Lipinski definition) is 4. The van der Waals surface area contributed by atoms with Crippen LogP contribution in [0.1, 0.15) is 37.4 Å². The van der Waals surface area contributed by atoms with Gasteiger partial charge in [0.15, 0.2) is 11.5 Å². The van der Waals surface area contributed by atoms with Gasteiger partial charge in [-0.25, -0.2) is 0 Å². The van der Waals surface area contributed by atoms with Crippen LogP contribution in [0, 0.1) is 5.92 Å². The summed E-state index contributed by atoms with van der Waals surface area (Å²) < 4.78 is 11.3. The highest BCUT2D eigenvalue weighted by atomic mass is 16.6. The van der Waals surface area contributed by atoms with E-state index in [0.717, 1.165) is 36.4 Å². The summed E-state index contributed by atoms with van der Waals surface area (Å²) in [6.45, 7) is 6.68. The molecule has 0 saturated heterocycles. The number of carbonyl (C=O) groups is 1. The average Bonchev–Trinajstić information content (AvgIpc) is 2.72. The van der Waals surface area contributed by atoms with Crippen molar-refractivity contribution < 1.29 is 14.3 Å². The number of anilines is 1. The lowest BCUT2D eigenvalue weighted by molar-refractivity contribution is -0.120. The molecule has 1 unspecified atom stereocenters. The van der Waals surface area contributed by atoms with Crippen molar-refractivity contribution in [2.75, 3.05) is 31.2 Å². The molecule has 5 heteroatoms. The average molecular weight is 380 g/mol. The number of benzene rings is 2. The lowest BCUT2D eigenvalue weighted by Crippen LogP contribution is -2.42. The van der Waals surface area contributed by atoms with Crippen molar-refractivity contribution >= 4 is 11.6 Å². The van der Waals surface area contributed by atoms with E-state index in [-0.39, 0.29) is 17.9 Å². The van der Waals surface area contributed by atoms with Crippen LogP contribution < -0.4 is 19.7 Å². The molecule has 2 aromatic carbocycles. The van der Waals surface area contributed by atoms with Gasteiger partial charge in [-0.3, -0.25) is 4.79 Å². The van der Waals surface area contributed by atoms with E-state index < -0.39 is 0 Å². The van der Waals surface area contributed by atoms with Crippen molar-refractivity contribution in [3.05, 3.63) is 53.6 Å². The predicted molar refractivity (Wildman–Crippen MR) is 110 cm³/mol. The van der Waals surface area contributed by atoms with E-state index in [1.807, 2.05) is 24.3 Å². The molecule has 0 aromatic heterocycles. The molecular formula is C23H28N2O3. The quantitative estimate of drug-likeness (QED) is 0.859. The molecule has 5 nitrogen and oxygen atoms in total. The first kappa shape index (κ1) is 18.7. The van der Waals surface area contributed by atoms with Gasteiger partial charge in [0.05, 0.1) is 12.6 Å². The first-order chi connectivity index (χ1) is 13.6. The minimum Gasteiger partial charge on any atom is -0.486 e. The zero-order valence-electron chi connectivity index (χ0n) is 16.6. The van der Waals surface area contributed by atoms with Crippen molar-refractivity contribution in [1.29, 1.82) is 0 Å². The summed E-state index contributed by atoms with van der Waals surface area (Å²) in [5, 5.41) is 3.24. The third kappa shape index (κ3) is 3.93. The summed E-state index contributed by atoms with van der Waals surface area (Å²) in [6.07, 6.45) is 2.17. The van der Waals surface area contributed by atoms with Gasteiger partial charge in [-0.1, -0.05) is 38.1 Å².